The molecule has 2 amide bonds. The van der Waals surface area contributed by atoms with Gasteiger partial charge in [-0.2, -0.15) is 0 Å². The Kier molecular flexibility index (Phi) is 10.6. The first-order valence-corrected chi connectivity index (χ1v) is 17.6. The first kappa shape index (κ1) is 33.3. The Bertz CT molecular complexity index is 1800. The molecule has 3 aromatic carbocycles. The van der Waals surface area contributed by atoms with Gasteiger partial charge in [0.2, 0.25) is 10.0 Å². The molecule has 4 aromatic rings. The van der Waals surface area contributed by atoms with Crippen LogP contribution < -0.4 is 9.46 Å². The molecule has 0 spiro atoms. The number of aryl methyl sites for hydroxylation is 3. The van der Waals surface area contributed by atoms with Crippen LogP contribution in [0.5, 0.6) is 5.75 Å². The zero-order valence-electron chi connectivity index (χ0n) is 26.4. The van der Waals surface area contributed by atoms with Gasteiger partial charge in [-0.3, -0.25) is 4.79 Å². The molecule has 2 heterocycles. The number of carbonyl (C=O) groups excluding carboxylic acids is 2. The van der Waals surface area contributed by atoms with Crippen molar-refractivity contribution in [3.8, 4) is 5.75 Å². The summed E-state index contributed by atoms with van der Waals surface area (Å²) in [7, 11) is -4.04. The third kappa shape index (κ3) is 7.85. The van der Waals surface area contributed by atoms with Gasteiger partial charge in [0.05, 0.1) is 12.3 Å². The number of piperidine rings is 1. The fraction of sp³-hybridized carbons (Fsp3) is 0.371. The molecular weight excluding hydrogens is 626 g/mol. The van der Waals surface area contributed by atoms with Crippen molar-refractivity contribution in [1.29, 1.82) is 0 Å². The van der Waals surface area contributed by atoms with Crippen molar-refractivity contribution in [2.24, 2.45) is 0 Å². The molecule has 0 aliphatic carbocycles. The maximum absolute atomic E-state index is 13.7. The second kappa shape index (κ2) is 14.6. The summed E-state index contributed by atoms with van der Waals surface area (Å²) in [6.07, 6.45) is 2.09. The number of hydrogen-bond donors (Lipinski definition) is 1. The lowest BCUT2D eigenvalue weighted by atomic mass is 10.0. The van der Waals surface area contributed by atoms with E-state index in [1.165, 1.54) is 0 Å². The Hall–Kier alpha value is -4.02. The van der Waals surface area contributed by atoms with Gasteiger partial charge in [-0.05, 0) is 86.9 Å². The number of hydrogen-bond acceptors (Lipinski definition) is 6. The smallest absolute Gasteiger partial charge is 0.410 e. The fourth-order valence-electron chi connectivity index (χ4n) is 6.16. The lowest BCUT2D eigenvalue weighted by molar-refractivity contribution is 0.0672. The minimum atomic E-state index is -4.04. The van der Waals surface area contributed by atoms with E-state index in [1.54, 1.807) is 28.5 Å². The van der Waals surface area contributed by atoms with Crippen molar-refractivity contribution in [3.63, 3.8) is 0 Å². The second-order valence-corrected chi connectivity index (χ2v) is 14.1. The molecule has 9 nitrogen and oxygen atoms in total. The molecule has 0 unspecified atom stereocenters. The molecule has 244 valence electrons. The van der Waals surface area contributed by atoms with Crippen LogP contribution in [0, 0.1) is 20.8 Å². The van der Waals surface area contributed by atoms with Gasteiger partial charge in [0.1, 0.15) is 24.7 Å². The van der Waals surface area contributed by atoms with Crippen LogP contribution >= 0.6 is 11.6 Å². The van der Waals surface area contributed by atoms with Gasteiger partial charge in [0.15, 0.2) is 0 Å². The number of nitrogens with zero attached hydrogens (tertiary/aromatic N) is 2. The van der Waals surface area contributed by atoms with Crippen LogP contribution in [0.4, 0.5) is 4.79 Å². The van der Waals surface area contributed by atoms with Crippen molar-refractivity contribution in [1.82, 2.24) is 14.2 Å². The van der Waals surface area contributed by atoms with E-state index in [4.69, 9.17) is 21.1 Å². The number of benzene rings is 3. The van der Waals surface area contributed by atoms with E-state index in [0.29, 0.717) is 30.1 Å². The Labute approximate surface area is 275 Å². The number of carbonyl (C=O) groups is 2. The number of fused-ring (bicyclic) bond motifs is 1. The first-order chi connectivity index (χ1) is 22.0. The summed E-state index contributed by atoms with van der Waals surface area (Å²) < 4.78 is 42.3. The molecule has 0 radical (unpaired) electrons. The molecule has 1 atom stereocenters. The number of sulfonamides is 1. The minimum Gasteiger partial charge on any atom is -0.491 e. The molecule has 1 N–H and O–H groups in total. The molecule has 1 aliphatic rings. The monoisotopic (exact) mass is 665 g/mol. The average Bonchev–Trinajstić information content (AvgIpc) is 3.31. The third-order valence-corrected chi connectivity index (χ3v) is 10.0. The Morgan fingerprint density at radius 3 is 2.46 bits per heavy atom. The van der Waals surface area contributed by atoms with E-state index < -0.39 is 22.0 Å². The van der Waals surface area contributed by atoms with Crippen molar-refractivity contribution in [2.75, 3.05) is 18.9 Å². The highest BCUT2D eigenvalue weighted by Crippen LogP contribution is 2.29. The highest BCUT2D eigenvalue weighted by molar-refractivity contribution is 7.90. The normalized spacial score (nSPS) is 15.1. The number of likely N-dealkylation sites (tertiary alicyclic amines) is 1. The van der Waals surface area contributed by atoms with Crippen LogP contribution in [0.25, 0.3) is 10.9 Å². The predicted octanol–water partition coefficient (Wildman–Crippen LogP) is 6.94. The molecular formula is C35H40ClN3O6S. The first-order valence-electron chi connectivity index (χ1n) is 15.5. The lowest BCUT2D eigenvalue weighted by Crippen LogP contribution is -2.45. The summed E-state index contributed by atoms with van der Waals surface area (Å²) in [4.78, 5) is 28.2. The molecule has 5 rings (SSSR count). The molecule has 11 heteroatoms. The van der Waals surface area contributed by atoms with Gasteiger partial charge >= 0.3 is 6.09 Å². The maximum atomic E-state index is 13.7. The lowest BCUT2D eigenvalue weighted by Gasteiger charge is -2.34. The maximum Gasteiger partial charge on any atom is 0.410 e. The summed E-state index contributed by atoms with van der Waals surface area (Å²) in [6, 6.07) is 20.4. The number of halogens is 1. The molecule has 46 heavy (non-hydrogen) atoms. The fourth-order valence-corrected chi connectivity index (χ4v) is 7.40. The molecule has 1 aromatic heterocycles. The van der Waals surface area contributed by atoms with Crippen LogP contribution in [0.1, 0.15) is 58.4 Å². The van der Waals surface area contributed by atoms with Crippen LogP contribution in [0.2, 0.25) is 5.02 Å². The molecule has 1 fully saturated rings. The van der Waals surface area contributed by atoms with Crippen LogP contribution in [-0.2, 0) is 27.9 Å². The van der Waals surface area contributed by atoms with Gasteiger partial charge in [0, 0.05) is 28.5 Å². The van der Waals surface area contributed by atoms with Crippen LogP contribution in [0.15, 0.2) is 66.7 Å². The number of aromatic nitrogens is 1. The standard InChI is InChI=1S/C35H40ClN3O6S/c1-24-10-9-11-25(2)33(24)44-20-19-39-31-16-15-28(36)22-30(31)26(3)32(39)34(40)37-46(42,43)21-17-29-14-7-8-18-38(29)35(41)45-23-27-12-5-4-6-13-27/h4-6,9-13,15-16,22,29H,7-8,14,17-21,23H2,1-3H3,(H,37,40)/t29-/m1/s1. The van der Waals surface area contributed by atoms with E-state index in [9.17, 15) is 18.0 Å². The predicted molar refractivity (Wildman–Crippen MR) is 180 cm³/mol. The van der Waals surface area contributed by atoms with Crippen molar-refractivity contribution in [3.05, 3.63) is 99.7 Å². The molecule has 0 bridgehead atoms. The molecule has 1 aliphatic heterocycles. The zero-order chi connectivity index (χ0) is 32.8. The van der Waals surface area contributed by atoms with Crippen molar-refractivity contribution in [2.45, 2.75) is 65.6 Å². The second-order valence-electron chi connectivity index (χ2n) is 11.8. The minimum absolute atomic E-state index is 0.144. The highest BCUT2D eigenvalue weighted by Gasteiger charge is 2.30. The zero-order valence-corrected chi connectivity index (χ0v) is 28.0. The van der Waals surface area contributed by atoms with E-state index in [1.807, 2.05) is 68.4 Å². The molecule has 0 saturated carbocycles. The highest BCUT2D eigenvalue weighted by atomic mass is 35.5. The number of amides is 2. The Balaban J connectivity index is 1.28. The Morgan fingerprint density at radius 2 is 1.72 bits per heavy atom. The third-order valence-electron chi connectivity index (χ3n) is 8.50. The van der Waals surface area contributed by atoms with E-state index in [0.717, 1.165) is 46.2 Å². The largest absolute Gasteiger partial charge is 0.491 e. The summed E-state index contributed by atoms with van der Waals surface area (Å²) in [5.74, 6) is -0.250. The number of ether oxygens (including phenoxy) is 2. The Morgan fingerprint density at radius 1 is 0.978 bits per heavy atom. The van der Waals surface area contributed by atoms with Crippen molar-refractivity contribution >= 4 is 44.5 Å². The SMILES string of the molecule is Cc1cccc(C)c1OCCn1c(C(=O)NS(=O)(=O)CC[C@H]2CCCCN2C(=O)OCc2ccccc2)c(C)c2cc(Cl)ccc21. The summed E-state index contributed by atoms with van der Waals surface area (Å²) in [6.45, 7) is 6.95. The number of nitrogens with one attached hydrogen (secondary N) is 1. The quantitative estimate of drug-likeness (QED) is 0.186. The van der Waals surface area contributed by atoms with Crippen LogP contribution in [0.3, 0.4) is 0 Å². The summed E-state index contributed by atoms with van der Waals surface area (Å²) >= 11 is 6.29. The van der Waals surface area contributed by atoms with E-state index >= 15 is 0 Å². The number of rotatable bonds is 11. The van der Waals surface area contributed by atoms with Gasteiger partial charge in [-0.15, -0.1) is 0 Å². The summed E-state index contributed by atoms with van der Waals surface area (Å²) in [5, 5.41) is 1.27. The van der Waals surface area contributed by atoms with Crippen molar-refractivity contribution < 1.29 is 27.5 Å². The van der Waals surface area contributed by atoms with Gasteiger partial charge < -0.3 is 18.9 Å². The van der Waals surface area contributed by atoms with E-state index in [2.05, 4.69) is 4.72 Å². The van der Waals surface area contributed by atoms with Gasteiger partial charge in [-0.25, -0.2) is 17.9 Å². The number of para-hydroxylation sites is 1. The van der Waals surface area contributed by atoms with Crippen LogP contribution in [-0.4, -0.2) is 54.8 Å². The average molecular weight is 666 g/mol. The van der Waals surface area contributed by atoms with Gasteiger partial charge in [-0.1, -0.05) is 60.1 Å². The van der Waals surface area contributed by atoms with Gasteiger partial charge in [0.25, 0.3) is 5.91 Å². The van der Waals surface area contributed by atoms with E-state index in [-0.39, 0.29) is 37.1 Å². The molecule has 1 saturated heterocycles. The summed E-state index contributed by atoms with van der Waals surface area (Å²) in [5.41, 5.74) is 4.49. The topological polar surface area (TPSA) is 107 Å².